The van der Waals surface area contributed by atoms with Crippen LogP contribution in [0.25, 0.3) is 0 Å². The Morgan fingerprint density at radius 3 is 2.93 bits per heavy atom. The first-order valence-electron chi connectivity index (χ1n) is 5.18. The third-order valence-electron chi connectivity index (χ3n) is 2.22. The molecule has 0 bridgehead atoms. The van der Waals surface area contributed by atoms with E-state index in [1.54, 1.807) is 6.26 Å². The third-order valence-corrected chi connectivity index (χ3v) is 2.22. The van der Waals surface area contributed by atoms with Crippen molar-refractivity contribution >= 4 is 0 Å². The molecule has 3 nitrogen and oxygen atoms in total. The lowest BCUT2D eigenvalue weighted by molar-refractivity contribution is 0.289. The van der Waals surface area contributed by atoms with Crippen molar-refractivity contribution in [2.24, 2.45) is 0 Å². The fourth-order valence-corrected chi connectivity index (χ4v) is 1.43. The maximum absolute atomic E-state index is 5.28. The standard InChI is InChI=1S/C11H20N2O/c1-12-7-3-4-8-13(2)10-11-6-5-9-14-11/h5-6,9,12H,3-4,7-8,10H2,1-2H3. The van der Waals surface area contributed by atoms with Crippen LogP contribution in [0, 0.1) is 0 Å². The van der Waals surface area contributed by atoms with Gasteiger partial charge in [-0.1, -0.05) is 0 Å². The van der Waals surface area contributed by atoms with Gasteiger partial charge in [-0.15, -0.1) is 0 Å². The Kier molecular flexibility index (Phi) is 5.33. The van der Waals surface area contributed by atoms with Crippen LogP contribution in [0.5, 0.6) is 0 Å². The molecule has 1 aromatic rings. The summed E-state index contributed by atoms with van der Waals surface area (Å²) in [4.78, 5) is 2.29. The van der Waals surface area contributed by atoms with Crippen molar-refractivity contribution in [3.63, 3.8) is 0 Å². The quantitative estimate of drug-likeness (QED) is 0.673. The zero-order valence-electron chi connectivity index (χ0n) is 9.12. The maximum Gasteiger partial charge on any atom is 0.117 e. The molecule has 0 aliphatic carbocycles. The second-order valence-electron chi connectivity index (χ2n) is 3.63. The topological polar surface area (TPSA) is 28.4 Å². The zero-order chi connectivity index (χ0) is 10.2. The van der Waals surface area contributed by atoms with Gasteiger partial charge in [0.25, 0.3) is 0 Å². The van der Waals surface area contributed by atoms with Gasteiger partial charge in [0.1, 0.15) is 5.76 Å². The van der Waals surface area contributed by atoms with Crippen LogP contribution >= 0.6 is 0 Å². The molecule has 0 unspecified atom stereocenters. The number of hydrogen-bond donors (Lipinski definition) is 1. The number of rotatable bonds is 7. The van der Waals surface area contributed by atoms with Crippen LogP contribution in [0.3, 0.4) is 0 Å². The van der Waals surface area contributed by atoms with Gasteiger partial charge < -0.3 is 9.73 Å². The highest BCUT2D eigenvalue weighted by Gasteiger charge is 2.01. The average Bonchev–Trinajstić information content (AvgIpc) is 2.65. The predicted octanol–water partition coefficient (Wildman–Crippen LogP) is 1.71. The lowest BCUT2D eigenvalue weighted by Gasteiger charge is -2.14. The summed E-state index contributed by atoms with van der Waals surface area (Å²) in [7, 11) is 4.12. The van der Waals surface area contributed by atoms with E-state index in [9.17, 15) is 0 Å². The third kappa shape index (κ3) is 4.44. The van der Waals surface area contributed by atoms with Gasteiger partial charge in [-0.05, 0) is 52.2 Å². The van der Waals surface area contributed by atoms with Gasteiger partial charge in [0.05, 0.1) is 12.8 Å². The van der Waals surface area contributed by atoms with Crippen molar-refractivity contribution < 1.29 is 4.42 Å². The Labute approximate surface area is 86.1 Å². The van der Waals surface area contributed by atoms with Crippen molar-refractivity contribution in [3.05, 3.63) is 24.2 Å². The van der Waals surface area contributed by atoms with E-state index >= 15 is 0 Å². The average molecular weight is 196 g/mol. The molecular weight excluding hydrogens is 176 g/mol. The van der Waals surface area contributed by atoms with Crippen molar-refractivity contribution in [2.75, 3.05) is 27.2 Å². The van der Waals surface area contributed by atoms with Crippen LogP contribution in [0.15, 0.2) is 22.8 Å². The van der Waals surface area contributed by atoms with E-state index in [0.29, 0.717) is 0 Å². The molecule has 0 saturated carbocycles. The SMILES string of the molecule is CNCCCCN(C)Cc1ccco1. The van der Waals surface area contributed by atoms with E-state index in [4.69, 9.17) is 4.42 Å². The van der Waals surface area contributed by atoms with Gasteiger partial charge in [0.15, 0.2) is 0 Å². The van der Waals surface area contributed by atoms with Crippen LogP contribution in [0.1, 0.15) is 18.6 Å². The number of unbranched alkanes of at least 4 members (excludes halogenated alkanes) is 1. The van der Waals surface area contributed by atoms with Crippen molar-refractivity contribution in [3.8, 4) is 0 Å². The zero-order valence-corrected chi connectivity index (χ0v) is 9.12. The summed E-state index contributed by atoms with van der Waals surface area (Å²) in [6.45, 7) is 3.14. The first kappa shape index (κ1) is 11.3. The fourth-order valence-electron chi connectivity index (χ4n) is 1.43. The lowest BCUT2D eigenvalue weighted by atomic mass is 10.3. The Balaban J connectivity index is 2.07. The fraction of sp³-hybridized carbons (Fsp3) is 0.636. The van der Waals surface area contributed by atoms with Crippen LogP contribution in [0.4, 0.5) is 0 Å². The maximum atomic E-state index is 5.28. The number of nitrogens with one attached hydrogen (secondary N) is 1. The highest BCUT2D eigenvalue weighted by atomic mass is 16.3. The highest BCUT2D eigenvalue weighted by Crippen LogP contribution is 2.04. The van der Waals surface area contributed by atoms with Gasteiger partial charge in [-0.25, -0.2) is 0 Å². The molecule has 0 aliphatic rings. The van der Waals surface area contributed by atoms with Crippen LogP contribution in [-0.4, -0.2) is 32.1 Å². The largest absolute Gasteiger partial charge is 0.468 e. The number of nitrogens with zero attached hydrogens (tertiary/aromatic N) is 1. The number of furan rings is 1. The van der Waals surface area contributed by atoms with Crippen molar-refractivity contribution in [1.82, 2.24) is 10.2 Å². The van der Waals surface area contributed by atoms with E-state index in [-0.39, 0.29) is 0 Å². The molecule has 80 valence electrons. The Bertz CT molecular complexity index is 221. The van der Waals surface area contributed by atoms with E-state index < -0.39 is 0 Å². The number of hydrogen-bond acceptors (Lipinski definition) is 3. The van der Waals surface area contributed by atoms with E-state index in [2.05, 4.69) is 17.3 Å². The molecule has 0 aromatic carbocycles. The summed E-state index contributed by atoms with van der Waals surface area (Å²) in [6, 6.07) is 3.95. The molecule has 0 spiro atoms. The highest BCUT2D eigenvalue weighted by molar-refractivity contribution is 4.97. The molecule has 0 saturated heterocycles. The molecule has 0 aliphatic heterocycles. The van der Waals surface area contributed by atoms with Gasteiger partial charge in [-0.2, -0.15) is 0 Å². The minimum atomic E-state index is 0.909. The van der Waals surface area contributed by atoms with E-state index in [1.165, 1.54) is 12.8 Å². The van der Waals surface area contributed by atoms with Gasteiger partial charge in [0, 0.05) is 0 Å². The summed E-state index contributed by atoms with van der Waals surface area (Å²) in [6.07, 6.45) is 4.20. The monoisotopic (exact) mass is 196 g/mol. The second kappa shape index (κ2) is 6.62. The molecule has 0 fully saturated rings. The van der Waals surface area contributed by atoms with Crippen LogP contribution in [0.2, 0.25) is 0 Å². The first-order valence-corrected chi connectivity index (χ1v) is 5.18. The summed E-state index contributed by atoms with van der Waals surface area (Å²) in [5.41, 5.74) is 0. The van der Waals surface area contributed by atoms with Gasteiger partial charge >= 0.3 is 0 Å². The molecule has 0 amide bonds. The van der Waals surface area contributed by atoms with Crippen molar-refractivity contribution in [1.29, 1.82) is 0 Å². The predicted molar refractivity (Wildman–Crippen MR) is 58.2 cm³/mol. The molecule has 3 heteroatoms. The minimum absolute atomic E-state index is 0.909. The van der Waals surface area contributed by atoms with E-state index in [0.717, 1.165) is 25.4 Å². The Morgan fingerprint density at radius 1 is 1.43 bits per heavy atom. The summed E-state index contributed by atoms with van der Waals surface area (Å²) in [5.74, 6) is 1.04. The van der Waals surface area contributed by atoms with E-state index in [1.807, 2.05) is 19.2 Å². The molecule has 0 radical (unpaired) electrons. The normalized spacial score (nSPS) is 11.1. The molecule has 1 aromatic heterocycles. The van der Waals surface area contributed by atoms with Crippen LogP contribution in [-0.2, 0) is 6.54 Å². The lowest BCUT2D eigenvalue weighted by Crippen LogP contribution is -2.20. The Morgan fingerprint density at radius 2 is 2.29 bits per heavy atom. The van der Waals surface area contributed by atoms with Gasteiger partial charge in [-0.3, -0.25) is 4.90 Å². The second-order valence-corrected chi connectivity index (χ2v) is 3.63. The molecule has 1 heterocycles. The summed E-state index contributed by atoms with van der Waals surface area (Å²) >= 11 is 0. The van der Waals surface area contributed by atoms with Crippen LogP contribution < -0.4 is 5.32 Å². The molecule has 0 atom stereocenters. The molecule has 1 N–H and O–H groups in total. The summed E-state index contributed by atoms with van der Waals surface area (Å²) in [5, 5.41) is 3.15. The molecule has 1 rings (SSSR count). The molecular formula is C11H20N2O. The summed E-state index contributed by atoms with van der Waals surface area (Å²) < 4.78 is 5.28. The Hall–Kier alpha value is -0.800. The molecule has 14 heavy (non-hydrogen) atoms. The minimum Gasteiger partial charge on any atom is -0.468 e. The van der Waals surface area contributed by atoms with Gasteiger partial charge in [0.2, 0.25) is 0 Å². The smallest absolute Gasteiger partial charge is 0.117 e. The first-order chi connectivity index (χ1) is 6.83. The van der Waals surface area contributed by atoms with Crippen molar-refractivity contribution in [2.45, 2.75) is 19.4 Å².